The molecule has 0 amide bonds. The highest BCUT2D eigenvalue weighted by Crippen LogP contribution is 2.16. The van der Waals surface area contributed by atoms with E-state index in [0.717, 1.165) is 30.0 Å². The summed E-state index contributed by atoms with van der Waals surface area (Å²) < 4.78 is 5.26. The molecule has 2 aromatic rings. The lowest BCUT2D eigenvalue weighted by molar-refractivity contribution is 0.513. The van der Waals surface area contributed by atoms with Crippen molar-refractivity contribution < 1.29 is 4.42 Å². The van der Waals surface area contributed by atoms with Crippen molar-refractivity contribution in [1.82, 2.24) is 0 Å². The average molecular weight is 226 g/mol. The van der Waals surface area contributed by atoms with E-state index in [4.69, 9.17) is 9.68 Å². The predicted molar refractivity (Wildman–Crippen MR) is 66.8 cm³/mol. The summed E-state index contributed by atoms with van der Waals surface area (Å²) in [5.41, 5.74) is 2.85. The number of aryl methyl sites for hydroxylation is 1. The van der Waals surface area contributed by atoms with Gasteiger partial charge >= 0.3 is 0 Å². The fourth-order valence-electron chi connectivity index (χ4n) is 1.71. The number of anilines is 1. The lowest BCUT2D eigenvalue weighted by atomic mass is 10.1. The Bertz CT molecular complexity index is 524. The van der Waals surface area contributed by atoms with Crippen LogP contribution in [0.25, 0.3) is 0 Å². The predicted octanol–water partition coefficient (Wildman–Crippen LogP) is 3.11. The third-order valence-electron chi connectivity index (χ3n) is 2.62. The van der Waals surface area contributed by atoms with Crippen molar-refractivity contribution in [3.05, 3.63) is 53.5 Å². The molecular formula is C14H14N2O. The highest BCUT2D eigenvalue weighted by Gasteiger charge is 2.00. The second-order valence-electron chi connectivity index (χ2n) is 3.90. The van der Waals surface area contributed by atoms with Gasteiger partial charge in [0.2, 0.25) is 0 Å². The third-order valence-corrected chi connectivity index (χ3v) is 2.62. The number of nitrogens with one attached hydrogen (secondary N) is 1. The van der Waals surface area contributed by atoms with E-state index in [1.807, 2.05) is 37.3 Å². The van der Waals surface area contributed by atoms with E-state index < -0.39 is 0 Å². The molecular weight excluding hydrogens is 212 g/mol. The molecule has 3 nitrogen and oxygen atoms in total. The Balaban J connectivity index is 1.93. The van der Waals surface area contributed by atoms with Gasteiger partial charge in [-0.1, -0.05) is 0 Å². The molecule has 0 atom stereocenters. The first-order valence-electron chi connectivity index (χ1n) is 5.56. The van der Waals surface area contributed by atoms with Crippen molar-refractivity contribution in [1.29, 1.82) is 5.26 Å². The van der Waals surface area contributed by atoms with Gasteiger partial charge < -0.3 is 9.73 Å². The zero-order valence-corrected chi connectivity index (χ0v) is 9.73. The van der Waals surface area contributed by atoms with Crippen molar-refractivity contribution in [3.8, 4) is 6.07 Å². The van der Waals surface area contributed by atoms with Crippen LogP contribution in [0.2, 0.25) is 0 Å². The fraction of sp³-hybridized carbons (Fsp3) is 0.214. The molecule has 0 aliphatic heterocycles. The number of hydrogen-bond acceptors (Lipinski definition) is 3. The number of nitriles is 1. The van der Waals surface area contributed by atoms with Gasteiger partial charge in [0.05, 0.1) is 17.9 Å². The summed E-state index contributed by atoms with van der Waals surface area (Å²) in [6.45, 7) is 2.82. The molecule has 17 heavy (non-hydrogen) atoms. The molecule has 86 valence electrons. The van der Waals surface area contributed by atoms with Crippen LogP contribution in [0, 0.1) is 18.3 Å². The molecule has 1 aromatic heterocycles. The van der Waals surface area contributed by atoms with E-state index in [1.165, 1.54) is 0 Å². The van der Waals surface area contributed by atoms with Crippen molar-refractivity contribution in [2.45, 2.75) is 13.3 Å². The van der Waals surface area contributed by atoms with Crippen molar-refractivity contribution in [2.24, 2.45) is 0 Å². The summed E-state index contributed by atoms with van der Waals surface area (Å²) in [6, 6.07) is 11.6. The van der Waals surface area contributed by atoms with Crippen LogP contribution < -0.4 is 5.32 Å². The minimum absolute atomic E-state index is 0.694. The van der Waals surface area contributed by atoms with Gasteiger partial charge in [0.1, 0.15) is 5.76 Å². The molecule has 2 rings (SSSR count). The summed E-state index contributed by atoms with van der Waals surface area (Å²) >= 11 is 0. The van der Waals surface area contributed by atoms with Crippen LogP contribution in [-0.2, 0) is 6.42 Å². The van der Waals surface area contributed by atoms with Crippen LogP contribution in [0.1, 0.15) is 16.9 Å². The van der Waals surface area contributed by atoms with E-state index in [-0.39, 0.29) is 0 Å². The van der Waals surface area contributed by atoms with Crippen LogP contribution in [0.15, 0.2) is 41.0 Å². The molecule has 0 bridgehead atoms. The monoisotopic (exact) mass is 226 g/mol. The standard InChI is InChI=1S/C14H14N2O/c1-11-9-12(10-15)4-5-14(11)16-7-6-13-3-2-8-17-13/h2-5,8-9,16H,6-7H2,1H3. The van der Waals surface area contributed by atoms with Crippen LogP contribution in [0.5, 0.6) is 0 Å². The highest BCUT2D eigenvalue weighted by atomic mass is 16.3. The fourth-order valence-corrected chi connectivity index (χ4v) is 1.71. The van der Waals surface area contributed by atoms with Crippen molar-refractivity contribution in [2.75, 3.05) is 11.9 Å². The Labute approximate surface area is 101 Å². The zero-order valence-electron chi connectivity index (χ0n) is 9.73. The smallest absolute Gasteiger partial charge is 0.105 e. The minimum atomic E-state index is 0.694. The lowest BCUT2D eigenvalue weighted by Crippen LogP contribution is -2.05. The summed E-state index contributed by atoms with van der Waals surface area (Å²) in [6.07, 6.45) is 2.54. The molecule has 0 radical (unpaired) electrons. The first-order valence-corrected chi connectivity index (χ1v) is 5.56. The van der Waals surface area contributed by atoms with Crippen LogP contribution >= 0.6 is 0 Å². The number of hydrogen-bond donors (Lipinski definition) is 1. The van der Waals surface area contributed by atoms with Gasteiger partial charge in [0.25, 0.3) is 0 Å². The van der Waals surface area contributed by atoms with Crippen LogP contribution in [0.3, 0.4) is 0 Å². The first kappa shape index (κ1) is 11.3. The maximum Gasteiger partial charge on any atom is 0.105 e. The van der Waals surface area contributed by atoms with E-state index in [1.54, 1.807) is 6.26 Å². The van der Waals surface area contributed by atoms with Gasteiger partial charge in [-0.25, -0.2) is 0 Å². The summed E-state index contributed by atoms with van der Waals surface area (Å²) in [5, 5.41) is 12.1. The van der Waals surface area contributed by atoms with E-state index in [0.29, 0.717) is 5.56 Å². The Hall–Kier alpha value is -2.21. The lowest BCUT2D eigenvalue weighted by Gasteiger charge is -2.08. The van der Waals surface area contributed by atoms with Crippen LogP contribution in [0.4, 0.5) is 5.69 Å². The number of furan rings is 1. The maximum absolute atomic E-state index is 8.77. The van der Waals surface area contributed by atoms with E-state index in [9.17, 15) is 0 Å². The van der Waals surface area contributed by atoms with Crippen molar-refractivity contribution >= 4 is 5.69 Å². The quantitative estimate of drug-likeness (QED) is 0.871. The Morgan fingerprint density at radius 2 is 2.24 bits per heavy atom. The maximum atomic E-state index is 8.77. The molecule has 1 N–H and O–H groups in total. The van der Waals surface area contributed by atoms with Gasteiger partial charge in [-0.05, 0) is 42.8 Å². The molecule has 0 unspecified atom stereocenters. The molecule has 0 saturated heterocycles. The van der Waals surface area contributed by atoms with Gasteiger partial charge in [-0.3, -0.25) is 0 Å². The largest absolute Gasteiger partial charge is 0.469 e. The first-order chi connectivity index (χ1) is 8.29. The van der Waals surface area contributed by atoms with Gasteiger partial charge in [0, 0.05) is 18.7 Å². The third kappa shape index (κ3) is 2.88. The Morgan fingerprint density at radius 1 is 1.35 bits per heavy atom. The SMILES string of the molecule is Cc1cc(C#N)ccc1NCCc1ccco1. The molecule has 1 heterocycles. The van der Waals surface area contributed by atoms with Gasteiger partial charge in [-0.15, -0.1) is 0 Å². The van der Waals surface area contributed by atoms with Crippen LogP contribution in [-0.4, -0.2) is 6.54 Å². The number of nitrogens with zero attached hydrogens (tertiary/aromatic N) is 1. The molecule has 0 aliphatic rings. The molecule has 0 fully saturated rings. The summed E-state index contributed by atoms with van der Waals surface area (Å²) in [7, 11) is 0. The molecule has 0 saturated carbocycles. The molecule has 3 heteroatoms. The highest BCUT2D eigenvalue weighted by molar-refractivity contribution is 5.54. The van der Waals surface area contributed by atoms with Gasteiger partial charge in [0.15, 0.2) is 0 Å². The second kappa shape index (κ2) is 5.22. The van der Waals surface area contributed by atoms with Crippen molar-refractivity contribution in [3.63, 3.8) is 0 Å². The topological polar surface area (TPSA) is 49.0 Å². The molecule has 0 aliphatic carbocycles. The molecule has 1 aromatic carbocycles. The van der Waals surface area contributed by atoms with E-state index in [2.05, 4.69) is 11.4 Å². The number of rotatable bonds is 4. The second-order valence-corrected chi connectivity index (χ2v) is 3.90. The zero-order chi connectivity index (χ0) is 12.1. The number of benzene rings is 1. The minimum Gasteiger partial charge on any atom is -0.469 e. The Kier molecular flexibility index (Phi) is 3.46. The average Bonchev–Trinajstić information content (AvgIpc) is 2.84. The van der Waals surface area contributed by atoms with E-state index >= 15 is 0 Å². The normalized spacial score (nSPS) is 9.88. The summed E-state index contributed by atoms with van der Waals surface area (Å²) in [4.78, 5) is 0. The van der Waals surface area contributed by atoms with Gasteiger partial charge in [-0.2, -0.15) is 5.26 Å². The Morgan fingerprint density at radius 3 is 2.88 bits per heavy atom. The summed E-state index contributed by atoms with van der Waals surface area (Å²) in [5.74, 6) is 0.976. The molecule has 0 spiro atoms.